The normalized spacial score (nSPS) is 11.2. The first-order chi connectivity index (χ1) is 15.8. The lowest BCUT2D eigenvalue weighted by Gasteiger charge is -2.16. The minimum Gasteiger partial charge on any atom is -0.324 e. The van der Waals surface area contributed by atoms with Gasteiger partial charge in [0.1, 0.15) is 6.54 Å². The maximum Gasteiger partial charge on any atom is 0.332 e. The van der Waals surface area contributed by atoms with Gasteiger partial charge in [0.25, 0.3) is 5.56 Å². The molecule has 168 valence electrons. The van der Waals surface area contributed by atoms with E-state index in [1.165, 1.54) is 4.57 Å². The van der Waals surface area contributed by atoms with Crippen molar-refractivity contribution in [2.24, 2.45) is 0 Å². The molecule has 0 bridgehead atoms. The zero-order valence-corrected chi connectivity index (χ0v) is 19.2. The molecule has 1 amide bonds. The molecule has 3 aromatic carbocycles. The van der Waals surface area contributed by atoms with E-state index in [2.05, 4.69) is 19.2 Å². The third kappa shape index (κ3) is 4.76. The fraction of sp³-hybridized carbons (Fsp3) is 0.192. The van der Waals surface area contributed by atoms with Crippen LogP contribution in [-0.4, -0.2) is 15.0 Å². The molecule has 4 rings (SSSR count). The Morgan fingerprint density at radius 3 is 2.42 bits per heavy atom. The van der Waals surface area contributed by atoms with Crippen LogP contribution in [0.25, 0.3) is 10.9 Å². The number of hydrogen-bond donors (Lipinski definition) is 1. The van der Waals surface area contributed by atoms with E-state index in [1.54, 1.807) is 48.5 Å². The third-order valence-corrected chi connectivity index (χ3v) is 5.76. The molecule has 0 saturated heterocycles. The average molecular weight is 462 g/mol. The number of para-hydroxylation sites is 2. The van der Waals surface area contributed by atoms with Gasteiger partial charge in [-0.1, -0.05) is 67.9 Å². The molecule has 33 heavy (non-hydrogen) atoms. The summed E-state index contributed by atoms with van der Waals surface area (Å²) in [7, 11) is 0. The van der Waals surface area contributed by atoms with Crippen molar-refractivity contribution >= 4 is 34.1 Å². The Hall–Kier alpha value is -3.64. The lowest BCUT2D eigenvalue weighted by molar-refractivity contribution is -0.116. The van der Waals surface area contributed by atoms with E-state index in [0.717, 1.165) is 15.7 Å². The van der Waals surface area contributed by atoms with Crippen LogP contribution in [0, 0.1) is 0 Å². The van der Waals surface area contributed by atoms with Gasteiger partial charge in [-0.15, -0.1) is 0 Å². The zero-order valence-electron chi connectivity index (χ0n) is 18.4. The van der Waals surface area contributed by atoms with Crippen LogP contribution in [0.3, 0.4) is 0 Å². The lowest BCUT2D eigenvalue weighted by atomic mass is 10.0. The van der Waals surface area contributed by atoms with Crippen LogP contribution in [0.5, 0.6) is 0 Å². The van der Waals surface area contributed by atoms with Crippen LogP contribution in [-0.2, 0) is 17.9 Å². The Balaban J connectivity index is 1.75. The topological polar surface area (TPSA) is 73.1 Å². The summed E-state index contributed by atoms with van der Waals surface area (Å²) < 4.78 is 2.48. The first kappa shape index (κ1) is 22.6. The van der Waals surface area contributed by atoms with Crippen LogP contribution < -0.4 is 16.6 Å². The number of rotatable bonds is 6. The molecule has 0 aliphatic heterocycles. The smallest absolute Gasteiger partial charge is 0.324 e. The number of fused-ring (bicyclic) bond motifs is 1. The fourth-order valence-electron chi connectivity index (χ4n) is 3.93. The van der Waals surface area contributed by atoms with Crippen molar-refractivity contribution in [3.05, 3.63) is 110 Å². The molecule has 1 aromatic heterocycles. The molecule has 4 aromatic rings. The summed E-state index contributed by atoms with van der Waals surface area (Å²) in [6.07, 6.45) is 0. The minimum absolute atomic E-state index is 0.0564. The number of carbonyl (C=O) groups is 1. The summed E-state index contributed by atoms with van der Waals surface area (Å²) >= 11 is 6.07. The number of nitrogens with one attached hydrogen (secondary N) is 1. The average Bonchev–Trinajstić information content (AvgIpc) is 2.80. The second kappa shape index (κ2) is 9.46. The fourth-order valence-corrected chi connectivity index (χ4v) is 4.14. The van der Waals surface area contributed by atoms with Gasteiger partial charge in [0.05, 0.1) is 17.4 Å². The molecular formula is C26H24ClN3O3. The van der Waals surface area contributed by atoms with Crippen molar-refractivity contribution in [2.75, 3.05) is 5.32 Å². The number of hydrogen-bond acceptors (Lipinski definition) is 3. The Labute approximate surface area is 196 Å². The quantitative estimate of drug-likeness (QED) is 0.455. The third-order valence-electron chi connectivity index (χ3n) is 5.52. The van der Waals surface area contributed by atoms with E-state index >= 15 is 0 Å². The SMILES string of the molecule is CC(C)c1ccccc1NC(=O)Cn1c(=O)n(Cc2cccc(Cl)c2)c(=O)c2ccccc21. The largest absolute Gasteiger partial charge is 0.332 e. The van der Waals surface area contributed by atoms with Crippen LogP contribution in [0.1, 0.15) is 30.9 Å². The number of nitrogens with zero attached hydrogens (tertiary/aromatic N) is 2. The van der Waals surface area contributed by atoms with Crippen LogP contribution in [0.15, 0.2) is 82.4 Å². The summed E-state index contributed by atoms with van der Waals surface area (Å²) in [5.74, 6) is -0.118. The number of benzene rings is 3. The molecular weight excluding hydrogens is 438 g/mol. The predicted molar refractivity (Wildman–Crippen MR) is 132 cm³/mol. The number of amides is 1. The van der Waals surface area contributed by atoms with Crippen molar-refractivity contribution in [1.82, 2.24) is 9.13 Å². The Bertz CT molecular complexity index is 1450. The highest BCUT2D eigenvalue weighted by Crippen LogP contribution is 2.23. The second-order valence-electron chi connectivity index (χ2n) is 8.20. The van der Waals surface area contributed by atoms with E-state index in [-0.39, 0.29) is 24.9 Å². The molecule has 0 aliphatic carbocycles. The molecule has 1 N–H and O–H groups in total. The Morgan fingerprint density at radius 1 is 0.939 bits per heavy atom. The number of halogens is 1. The first-order valence-electron chi connectivity index (χ1n) is 10.7. The maximum atomic E-state index is 13.4. The molecule has 0 aliphatic rings. The first-order valence-corrected chi connectivity index (χ1v) is 11.1. The monoisotopic (exact) mass is 461 g/mol. The zero-order chi connectivity index (χ0) is 23.5. The molecule has 0 saturated carbocycles. The Morgan fingerprint density at radius 2 is 1.67 bits per heavy atom. The number of anilines is 1. The van der Waals surface area contributed by atoms with E-state index in [4.69, 9.17) is 11.6 Å². The van der Waals surface area contributed by atoms with Gasteiger partial charge in [-0.3, -0.25) is 18.7 Å². The second-order valence-corrected chi connectivity index (χ2v) is 8.63. The summed E-state index contributed by atoms with van der Waals surface area (Å²) in [6, 6.07) is 21.4. The van der Waals surface area contributed by atoms with Gasteiger partial charge < -0.3 is 5.32 Å². The maximum absolute atomic E-state index is 13.4. The van der Waals surface area contributed by atoms with Gasteiger partial charge in [0, 0.05) is 10.7 Å². The number of aromatic nitrogens is 2. The van der Waals surface area contributed by atoms with E-state index in [1.807, 2.05) is 24.3 Å². The lowest BCUT2D eigenvalue weighted by Crippen LogP contribution is -2.42. The van der Waals surface area contributed by atoms with E-state index in [9.17, 15) is 14.4 Å². The summed E-state index contributed by atoms with van der Waals surface area (Å²) in [5, 5.41) is 3.81. The van der Waals surface area contributed by atoms with Crippen molar-refractivity contribution in [1.29, 1.82) is 0 Å². The molecule has 0 unspecified atom stereocenters. The van der Waals surface area contributed by atoms with Gasteiger partial charge in [0.15, 0.2) is 0 Å². The molecule has 6 nitrogen and oxygen atoms in total. The molecule has 0 spiro atoms. The summed E-state index contributed by atoms with van der Waals surface area (Å²) in [4.78, 5) is 39.4. The molecule has 0 atom stereocenters. The Kier molecular flexibility index (Phi) is 6.47. The highest BCUT2D eigenvalue weighted by molar-refractivity contribution is 6.30. The minimum atomic E-state index is -0.550. The number of carbonyl (C=O) groups excluding carboxylic acids is 1. The van der Waals surface area contributed by atoms with E-state index < -0.39 is 11.2 Å². The van der Waals surface area contributed by atoms with Crippen LogP contribution >= 0.6 is 11.6 Å². The van der Waals surface area contributed by atoms with Crippen molar-refractivity contribution in [3.63, 3.8) is 0 Å². The van der Waals surface area contributed by atoms with Gasteiger partial charge in [0.2, 0.25) is 5.91 Å². The highest BCUT2D eigenvalue weighted by atomic mass is 35.5. The van der Waals surface area contributed by atoms with Crippen molar-refractivity contribution in [3.8, 4) is 0 Å². The van der Waals surface area contributed by atoms with Gasteiger partial charge >= 0.3 is 5.69 Å². The van der Waals surface area contributed by atoms with Crippen LogP contribution in [0.4, 0.5) is 5.69 Å². The molecule has 1 heterocycles. The summed E-state index contributed by atoms with van der Waals surface area (Å²) in [5.41, 5.74) is 1.90. The van der Waals surface area contributed by atoms with Crippen molar-refractivity contribution < 1.29 is 4.79 Å². The predicted octanol–water partition coefficient (Wildman–Crippen LogP) is 4.63. The molecule has 0 radical (unpaired) electrons. The van der Waals surface area contributed by atoms with E-state index in [0.29, 0.717) is 21.6 Å². The standard InChI is InChI=1S/C26H24ClN3O3/c1-17(2)20-10-3-5-12-22(20)28-24(31)16-29-23-13-6-4-11-21(23)25(32)30(26(29)33)15-18-8-7-9-19(27)14-18/h3-14,17H,15-16H2,1-2H3,(H,28,31). The van der Waals surface area contributed by atoms with Crippen molar-refractivity contribution in [2.45, 2.75) is 32.9 Å². The van der Waals surface area contributed by atoms with Crippen LogP contribution in [0.2, 0.25) is 5.02 Å². The van der Waals surface area contributed by atoms with Gasteiger partial charge in [-0.2, -0.15) is 0 Å². The molecule has 0 fully saturated rings. The molecule has 7 heteroatoms. The highest BCUT2D eigenvalue weighted by Gasteiger charge is 2.17. The van der Waals surface area contributed by atoms with Gasteiger partial charge in [-0.05, 0) is 47.4 Å². The van der Waals surface area contributed by atoms with Gasteiger partial charge in [-0.25, -0.2) is 4.79 Å². The summed E-state index contributed by atoms with van der Waals surface area (Å²) in [6.45, 7) is 3.94.